The van der Waals surface area contributed by atoms with Gasteiger partial charge in [-0.25, -0.2) is 4.39 Å². The van der Waals surface area contributed by atoms with Gasteiger partial charge in [0, 0.05) is 18.2 Å². The van der Waals surface area contributed by atoms with Crippen molar-refractivity contribution in [3.05, 3.63) is 29.6 Å². The Morgan fingerprint density at radius 1 is 1.44 bits per heavy atom. The molecule has 0 fully saturated rings. The molecule has 1 unspecified atom stereocenters. The van der Waals surface area contributed by atoms with Crippen LogP contribution < -0.4 is 10.1 Å². The summed E-state index contributed by atoms with van der Waals surface area (Å²) in [7, 11) is 3.30. The molecule has 0 spiro atoms. The number of hydrogen-bond acceptors (Lipinski definition) is 3. The predicted octanol–water partition coefficient (Wildman–Crippen LogP) is 2.13. The third-order valence-corrected chi connectivity index (χ3v) is 2.42. The lowest BCUT2D eigenvalue weighted by Gasteiger charge is -2.17. The van der Waals surface area contributed by atoms with Gasteiger partial charge in [0.1, 0.15) is 11.6 Å². The first-order chi connectivity index (χ1) is 7.72. The maximum Gasteiger partial charge on any atom is 0.131 e. The SMILES string of the molecule is CCOCC(NC)c1ccc(OC)cc1F. The summed E-state index contributed by atoms with van der Waals surface area (Å²) in [6.45, 7) is 2.99. The second-order valence-electron chi connectivity index (χ2n) is 3.39. The molecule has 1 rings (SSSR count). The Bertz CT molecular complexity index is 331. The zero-order chi connectivity index (χ0) is 12.0. The highest BCUT2D eigenvalue weighted by atomic mass is 19.1. The van der Waals surface area contributed by atoms with E-state index in [4.69, 9.17) is 9.47 Å². The third-order valence-electron chi connectivity index (χ3n) is 2.42. The minimum absolute atomic E-state index is 0.133. The van der Waals surface area contributed by atoms with Crippen LogP contribution in [0.4, 0.5) is 4.39 Å². The average Bonchev–Trinajstić information content (AvgIpc) is 2.31. The van der Waals surface area contributed by atoms with Crippen molar-refractivity contribution in [2.75, 3.05) is 27.4 Å². The Balaban J connectivity index is 2.83. The van der Waals surface area contributed by atoms with Crippen molar-refractivity contribution in [1.29, 1.82) is 0 Å². The molecular weight excluding hydrogens is 209 g/mol. The first-order valence-corrected chi connectivity index (χ1v) is 5.31. The van der Waals surface area contributed by atoms with Crippen molar-refractivity contribution < 1.29 is 13.9 Å². The lowest BCUT2D eigenvalue weighted by atomic mass is 10.1. The molecule has 0 heterocycles. The highest BCUT2D eigenvalue weighted by Crippen LogP contribution is 2.21. The zero-order valence-corrected chi connectivity index (χ0v) is 9.92. The van der Waals surface area contributed by atoms with Crippen LogP contribution >= 0.6 is 0 Å². The molecule has 4 heteroatoms. The number of halogens is 1. The molecule has 0 aliphatic carbocycles. The molecule has 0 amide bonds. The molecular formula is C12H18FNO2. The lowest BCUT2D eigenvalue weighted by molar-refractivity contribution is 0.124. The van der Waals surface area contributed by atoms with E-state index >= 15 is 0 Å². The van der Waals surface area contributed by atoms with Crippen LogP contribution in [0.1, 0.15) is 18.5 Å². The first kappa shape index (κ1) is 12.9. The number of methoxy groups -OCH3 is 1. The van der Waals surface area contributed by atoms with Gasteiger partial charge in [-0.3, -0.25) is 0 Å². The molecule has 0 aliphatic rings. The number of hydrogen-bond donors (Lipinski definition) is 1. The van der Waals surface area contributed by atoms with Crippen molar-refractivity contribution in [1.82, 2.24) is 5.32 Å². The second-order valence-corrected chi connectivity index (χ2v) is 3.39. The second kappa shape index (κ2) is 6.45. The molecule has 0 aliphatic heterocycles. The summed E-state index contributed by atoms with van der Waals surface area (Å²) >= 11 is 0. The minimum Gasteiger partial charge on any atom is -0.497 e. The monoisotopic (exact) mass is 227 g/mol. The van der Waals surface area contributed by atoms with E-state index in [-0.39, 0.29) is 11.9 Å². The van der Waals surface area contributed by atoms with Crippen LogP contribution in [0.2, 0.25) is 0 Å². The zero-order valence-electron chi connectivity index (χ0n) is 9.92. The van der Waals surface area contributed by atoms with Gasteiger partial charge >= 0.3 is 0 Å². The van der Waals surface area contributed by atoms with Gasteiger partial charge in [0.15, 0.2) is 0 Å². The Kier molecular flexibility index (Phi) is 5.22. The Morgan fingerprint density at radius 3 is 2.69 bits per heavy atom. The van der Waals surface area contributed by atoms with Crippen molar-refractivity contribution in [3.63, 3.8) is 0 Å². The summed E-state index contributed by atoms with van der Waals surface area (Å²) in [5.74, 6) is 0.242. The van der Waals surface area contributed by atoms with E-state index in [0.29, 0.717) is 24.5 Å². The van der Waals surface area contributed by atoms with E-state index in [2.05, 4.69) is 5.32 Å². The standard InChI is InChI=1S/C12H18FNO2/c1-4-16-8-12(14-2)10-6-5-9(15-3)7-11(10)13/h5-7,12,14H,4,8H2,1-3H3. The Morgan fingerprint density at radius 2 is 2.19 bits per heavy atom. The first-order valence-electron chi connectivity index (χ1n) is 5.31. The molecule has 3 nitrogen and oxygen atoms in total. The van der Waals surface area contributed by atoms with Crippen molar-refractivity contribution in [2.45, 2.75) is 13.0 Å². The molecule has 0 saturated heterocycles. The molecule has 16 heavy (non-hydrogen) atoms. The van der Waals surface area contributed by atoms with Gasteiger partial charge in [0.05, 0.1) is 19.8 Å². The highest BCUT2D eigenvalue weighted by molar-refractivity contribution is 5.30. The van der Waals surface area contributed by atoms with Gasteiger partial charge in [0.2, 0.25) is 0 Å². The van der Waals surface area contributed by atoms with Crippen LogP contribution in [0.25, 0.3) is 0 Å². The van der Waals surface area contributed by atoms with E-state index in [0.717, 1.165) is 0 Å². The molecule has 1 atom stereocenters. The van der Waals surface area contributed by atoms with Gasteiger partial charge in [-0.2, -0.15) is 0 Å². The largest absolute Gasteiger partial charge is 0.497 e. The average molecular weight is 227 g/mol. The highest BCUT2D eigenvalue weighted by Gasteiger charge is 2.14. The van der Waals surface area contributed by atoms with Gasteiger partial charge in [-0.05, 0) is 20.0 Å². The fourth-order valence-corrected chi connectivity index (χ4v) is 1.48. The molecule has 90 valence electrons. The fourth-order valence-electron chi connectivity index (χ4n) is 1.48. The van der Waals surface area contributed by atoms with Crippen LogP contribution in [0.5, 0.6) is 5.75 Å². The predicted molar refractivity (Wildman–Crippen MR) is 61.2 cm³/mol. The van der Waals surface area contributed by atoms with Crippen molar-refractivity contribution in [2.24, 2.45) is 0 Å². The number of ether oxygens (including phenoxy) is 2. The van der Waals surface area contributed by atoms with E-state index in [1.807, 2.05) is 6.92 Å². The summed E-state index contributed by atoms with van der Waals surface area (Å²) < 4.78 is 24.0. The van der Waals surface area contributed by atoms with E-state index in [1.165, 1.54) is 13.2 Å². The summed E-state index contributed by atoms with van der Waals surface area (Å²) in [4.78, 5) is 0. The Hall–Kier alpha value is -1.13. The number of benzene rings is 1. The summed E-state index contributed by atoms with van der Waals surface area (Å²) in [5.41, 5.74) is 0.594. The van der Waals surface area contributed by atoms with Crippen LogP contribution in [-0.2, 0) is 4.74 Å². The maximum atomic E-state index is 13.7. The topological polar surface area (TPSA) is 30.5 Å². The van der Waals surface area contributed by atoms with Gasteiger partial charge in [0.25, 0.3) is 0 Å². The van der Waals surface area contributed by atoms with E-state index < -0.39 is 0 Å². The van der Waals surface area contributed by atoms with Crippen LogP contribution in [0.15, 0.2) is 18.2 Å². The van der Waals surface area contributed by atoms with E-state index in [1.54, 1.807) is 19.2 Å². The van der Waals surface area contributed by atoms with Crippen LogP contribution in [-0.4, -0.2) is 27.4 Å². The number of likely N-dealkylation sites (N-methyl/N-ethyl adjacent to an activating group) is 1. The van der Waals surface area contributed by atoms with Crippen molar-refractivity contribution in [3.8, 4) is 5.75 Å². The van der Waals surface area contributed by atoms with Crippen LogP contribution in [0.3, 0.4) is 0 Å². The number of nitrogens with one attached hydrogen (secondary N) is 1. The fraction of sp³-hybridized carbons (Fsp3) is 0.500. The molecule has 0 aromatic heterocycles. The molecule has 0 radical (unpaired) electrons. The van der Waals surface area contributed by atoms with Gasteiger partial charge in [-0.1, -0.05) is 6.07 Å². The lowest BCUT2D eigenvalue weighted by Crippen LogP contribution is -2.22. The summed E-state index contributed by atoms with van der Waals surface area (Å²) in [6.07, 6.45) is 0. The third kappa shape index (κ3) is 3.18. The summed E-state index contributed by atoms with van der Waals surface area (Å²) in [5, 5.41) is 3.03. The molecule has 0 bridgehead atoms. The molecule has 1 aromatic carbocycles. The van der Waals surface area contributed by atoms with Gasteiger partial charge < -0.3 is 14.8 Å². The summed E-state index contributed by atoms with van der Waals surface area (Å²) in [6, 6.07) is 4.71. The Labute approximate surface area is 95.6 Å². The molecule has 1 N–H and O–H groups in total. The quantitative estimate of drug-likeness (QED) is 0.807. The smallest absolute Gasteiger partial charge is 0.131 e. The normalized spacial score (nSPS) is 12.5. The van der Waals surface area contributed by atoms with Crippen LogP contribution in [0, 0.1) is 5.82 Å². The van der Waals surface area contributed by atoms with Gasteiger partial charge in [-0.15, -0.1) is 0 Å². The van der Waals surface area contributed by atoms with Crippen molar-refractivity contribution >= 4 is 0 Å². The van der Waals surface area contributed by atoms with E-state index in [9.17, 15) is 4.39 Å². The maximum absolute atomic E-state index is 13.7. The minimum atomic E-state index is -0.279. The number of rotatable bonds is 6. The molecule has 0 saturated carbocycles. The molecule has 1 aromatic rings.